The molecular formula is C18H25N5O2. The first-order valence-corrected chi connectivity index (χ1v) is 8.60. The van der Waals surface area contributed by atoms with Crippen molar-refractivity contribution in [2.45, 2.75) is 52.4 Å². The number of ether oxygens (including phenoxy) is 1. The third-order valence-corrected chi connectivity index (χ3v) is 4.43. The summed E-state index contributed by atoms with van der Waals surface area (Å²) >= 11 is 0. The molecule has 0 bridgehead atoms. The summed E-state index contributed by atoms with van der Waals surface area (Å²) < 4.78 is 6.96. The molecule has 2 heterocycles. The number of benzene rings is 1. The molecule has 0 radical (unpaired) electrons. The van der Waals surface area contributed by atoms with E-state index in [1.807, 2.05) is 4.68 Å². The molecule has 2 aromatic rings. The summed E-state index contributed by atoms with van der Waals surface area (Å²) in [5.74, 6) is 1.46. The van der Waals surface area contributed by atoms with E-state index >= 15 is 0 Å². The fourth-order valence-corrected chi connectivity index (χ4v) is 3.16. The lowest BCUT2D eigenvalue weighted by molar-refractivity contribution is 0.177. The summed E-state index contributed by atoms with van der Waals surface area (Å²) in [4.78, 5) is 16.8. The van der Waals surface area contributed by atoms with Crippen LogP contribution in [0.15, 0.2) is 18.2 Å². The Balaban J connectivity index is 1.60. The first kappa shape index (κ1) is 17.4. The number of carbonyl (C=O) groups is 1. The van der Waals surface area contributed by atoms with E-state index in [-0.39, 0.29) is 12.1 Å². The van der Waals surface area contributed by atoms with E-state index in [2.05, 4.69) is 52.8 Å². The van der Waals surface area contributed by atoms with E-state index in [0.29, 0.717) is 19.0 Å². The number of nitrogens with one attached hydrogen (secondary N) is 2. The Morgan fingerprint density at radius 2 is 2.24 bits per heavy atom. The number of fused-ring (bicyclic) bond motifs is 1. The molecule has 1 aliphatic rings. The maximum Gasteiger partial charge on any atom is 0.315 e. The van der Waals surface area contributed by atoms with Crippen molar-refractivity contribution in [3.05, 3.63) is 46.5 Å². The molecule has 1 aromatic carbocycles. The Hall–Kier alpha value is -2.41. The molecule has 134 valence electrons. The van der Waals surface area contributed by atoms with Crippen molar-refractivity contribution in [3.63, 3.8) is 0 Å². The van der Waals surface area contributed by atoms with Gasteiger partial charge in [-0.2, -0.15) is 5.10 Å². The maximum atomic E-state index is 12.3. The van der Waals surface area contributed by atoms with Crippen LogP contribution in [0.3, 0.4) is 0 Å². The normalized spacial score (nSPS) is 16.4. The number of aromatic nitrogens is 3. The van der Waals surface area contributed by atoms with Gasteiger partial charge in [-0.25, -0.2) is 14.5 Å². The van der Waals surface area contributed by atoms with Gasteiger partial charge >= 0.3 is 6.03 Å². The Morgan fingerprint density at radius 3 is 3.00 bits per heavy atom. The monoisotopic (exact) mass is 343 g/mol. The molecule has 0 spiro atoms. The molecule has 1 aliphatic heterocycles. The zero-order valence-corrected chi connectivity index (χ0v) is 15.0. The van der Waals surface area contributed by atoms with Gasteiger partial charge < -0.3 is 15.4 Å². The Labute approximate surface area is 147 Å². The van der Waals surface area contributed by atoms with Gasteiger partial charge in [0.2, 0.25) is 0 Å². The summed E-state index contributed by atoms with van der Waals surface area (Å²) in [6.45, 7) is 5.84. The summed E-state index contributed by atoms with van der Waals surface area (Å²) in [6, 6.07) is 5.93. The van der Waals surface area contributed by atoms with E-state index in [4.69, 9.17) is 4.74 Å². The number of methoxy groups -OCH3 is 1. The molecule has 7 nitrogen and oxygen atoms in total. The predicted molar refractivity (Wildman–Crippen MR) is 94.0 cm³/mol. The molecule has 0 saturated carbocycles. The minimum Gasteiger partial charge on any atom is -0.377 e. The quantitative estimate of drug-likeness (QED) is 0.873. The van der Waals surface area contributed by atoms with E-state index in [1.165, 1.54) is 11.1 Å². The molecule has 1 atom stereocenters. The smallest absolute Gasteiger partial charge is 0.315 e. The molecular weight excluding hydrogens is 318 g/mol. The number of carbonyl (C=O) groups excluding carboxylic acids is 1. The lowest BCUT2D eigenvalue weighted by atomic mass is 10.1. The molecule has 1 unspecified atom stereocenters. The van der Waals surface area contributed by atoms with Crippen molar-refractivity contribution in [2.24, 2.45) is 0 Å². The highest BCUT2D eigenvalue weighted by Gasteiger charge is 2.25. The molecule has 7 heteroatoms. The van der Waals surface area contributed by atoms with Gasteiger partial charge in [0.1, 0.15) is 12.4 Å². The lowest BCUT2D eigenvalue weighted by Gasteiger charge is -2.23. The van der Waals surface area contributed by atoms with Gasteiger partial charge in [0, 0.05) is 20.2 Å². The standard InChI is InChI=1S/C18H25N5O2/c1-12-6-7-14(13(2)9-12)10-19-18(24)20-15-5-4-8-23-17(15)21-16(22-23)11-25-3/h6-7,9,15H,4-5,8,10-11H2,1-3H3,(H2,19,20,24). The van der Waals surface area contributed by atoms with E-state index < -0.39 is 0 Å². The Bertz CT molecular complexity index is 756. The molecule has 2 N–H and O–H groups in total. The van der Waals surface area contributed by atoms with Crippen molar-refractivity contribution >= 4 is 6.03 Å². The van der Waals surface area contributed by atoms with Crippen LogP contribution in [0.4, 0.5) is 4.79 Å². The van der Waals surface area contributed by atoms with Crippen LogP contribution in [0, 0.1) is 13.8 Å². The van der Waals surface area contributed by atoms with Crippen LogP contribution < -0.4 is 10.6 Å². The van der Waals surface area contributed by atoms with Crippen molar-refractivity contribution < 1.29 is 9.53 Å². The van der Waals surface area contributed by atoms with Gasteiger partial charge in [0.05, 0.1) is 6.04 Å². The van der Waals surface area contributed by atoms with Gasteiger partial charge in [-0.05, 0) is 37.8 Å². The minimum atomic E-state index is -0.185. The molecule has 0 fully saturated rings. The SMILES string of the molecule is COCc1nc2n(n1)CCCC2NC(=O)NCc1ccc(C)cc1C. The molecule has 25 heavy (non-hydrogen) atoms. The Morgan fingerprint density at radius 1 is 1.40 bits per heavy atom. The first-order valence-electron chi connectivity index (χ1n) is 8.60. The summed E-state index contributed by atoms with van der Waals surface area (Å²) in [5.41, 5.74) is 3.52. The molecule has 3 rings (SSSR count). The minimum absolute atomic E-state index is 0.119. The van der Waals surface area contributed by atoms with Gasteiger partial charge in [0.25, 0.3) is 0 Å². The zero-order valence-electron chi connectivity index (χ0n) is 15.0. The second-order valence-corrected chi connectivity index (χ2v) is 6.49. The number of rotatable bonds is 5. The van der Waals surface area contributed by atoms with Crippen LogP contribution in [0.25, 0.3) is 0 Å². The van der Waals surface area contributed by atoms with Crippen LogP contribution in [-0.4, -0.2) is 27.9 Å². The van der Waals surface area contributed by atoms with Crippen molar-refractivity contribution in [1.29, 1.82) is 0 Å². The average molecular weight is 343 g/mol. The van der Waals surface area contributed by atoms with Crippen molar-refractivity contribution in [3.8, 4) is 0 Å². The molecule has 1 aromatic heterocycles. The number of hydrogen-bond donors (Lipinski definition) is 2. The summed E-state index contributed by atoms with van der Waals surface area (Å²) in [5, 5.41) is 10.4. The van der Waals surface area contributed by atoms with Gasteiger partial charge in [-0.3, -0.25) is 0 Å². The largest absolute Gasteiger partial charge is 0.377 e. The van der Waals surface area contributed by atoms with Crippen LogP contribution in [-0.2, 0) is 24.4 Å². The van der Waals surface area contributed by atoms with Gasteiger partial charge in [-0.1, -0.05) is 23.8 Å². The maximum absolute atomic E-state index is 12.3. The van der Waals surface area contributed by atoms with E-state index in [9.17, 15) is 4.79 Å². The van der Waals surface area contributed by atoms with E-state index in [0.717, 1.165) is 30.8 Å². The average Bonchev–Trinajstić information content (AvgIpc) is 2.98. The van der Waals surface area contributed by atoms with E-state index in [1.54, 1.807) is 7.11 Å². The Kier molecular flexibility index (Phi) is 5.33. The third kappa shape index (κ3) is 4.17. The highest BCUT2D eigenvalue weighted by Crippen LogP contribution is 2.23. The number of urea groups is 1. The molecule has 0 saturated heterocycles. The lowest BCUT2D eigenvalue weighted by Crippen LogP contribution is -2.40. The second-order valence-electron chi connectivity index (χ2n) is 6.49. The van der Waals surface area contributed by atoms with Crippen molar-refractivity contribution in [2.75, 3.05) is 7.11 Å². The van der Waals surface area contributed by atoms with Gasteiger partial charge in [0.15, 0.2) is 5.82 Å². The molecule has 0 aliphatic carbocycles. The van der Waals surface area contributed by atoms with Crippen LogP contribution >= 0.6 is 0 Å². The predicted octanol–water partition coefficient (Wildman–Crippen LogP) is 2.38. The third-order valence-electron chi connectivity index (χ3n) is 4.43. The fraction of sp³-hybridized carbons (Fsp3) is 0.500. The summed E-state index contributed by atoms with van der Waals surface area (Å²) in [7, 11) is 1.62. The number of nitrogens with zero attached hydrogens (tertiary/aromatic N) is 3. The highest BCUT2D eigenvalue weighted by atomic mass is 16.5. The van der Waals surface area contributed by atoms with Crippen LogP contribution in [0.1, 0.15) is 47.2 Å². The first-order chi connectivity index (χ1) is 12.1. The number of aryl methyl sites for hydroxylation is 3. The summed E-state index contributed by atoms with van der Waals surface area (Å²) in [6.07, 6.45) is 1.83. The number of hydrogen-bond acceptors (Lipinski definition) is 4. The number of amides is 2. The van der Waals surface area contributed by atoms with Gasteiger partial charge in [-0.15, -0.1) is 0 Å². The van der Waals surface area contributed by atoms with Crippen LogP contribution in [0.2, 0.25) is 0 Å². The van der Waals surface area contributed by atoms with Crippen LogP contribution in [0.5, 0.6) is 0 Å². The zero-order chi connectivity index (χ0) is 17.8. The highest BCUT2D eigenvalue weighted by molar-refractivity contribution is 5.74. The topological polar surface area (TPSA) is 81.1 Å². The second kappa shape index (κ2) is 7.65. The van der Waals surface area contributed by atoms with Crippen molar-refractivity contribution in [1.82, 2.24) is 25.4 Å². The molecule has 2 amide bonds. The fourth-order valence-electron chi connectivity index (χ4n) is 3.16.